The molecule has 320 valence electrons. The lowest BCUT2D eigenvalue weighted by Crippen LogP contribution is -2.29. The van der Waals surface area contributed by atoms with E-state index in [1.807, 2.05) is 19.0 Å². The molecule has 0 saturated heterocycles. The second kappa shape index (κ2) is 40.0. The zero-order chi connectivity index (χ0) is 39.8. The third-order valence-corrected chi connectivity index (χ3v) is 10.8. The minimum atomic E-state index is -4.36. The number of phosphoric ester groups is 1. The summed E-state index contributed by atoms with van der Waals surface area (Å²) in [5.74, 6) is -0.795. The average Bonchev–Trinajstić information content (AvgIpc) is 3.13. The van der Waals surface area contributed by atoms with Crippen LogP contribution in [0.1, 0.15) is 213 Å². The van der Waals surface area contributed by atoms with Crippen molar-refractivity contribution in [3.63, 3.8) is 0 Å². The first kappa shape index (κ1) is 52.8. The molecule has 2 atom stereocenters. The van der Waals surface area contributed by atoms with Crippen LogP contribution in [0, 0.1) is 0 Å². The third kappa shape index (κ3) is 40.4. The highest BCUT2D eigenvalue weighted by Gasteiger charge is 2.26. The number of unbranched alkanes of at least 4 members (excludes halogenated alkanes) is 26. The van der Waals surface area contributed by atoms with Gasteiger partial charge in [-0.25, -0.2) is 4.57 Å². The van der Waals surface area contributed by atoms with Crippen molar-refractivity contribution in [3.05, 3.63) is 12.2 Å². The quantitative estimate of drug-likeness (QED) is 0.0280. The zero-order valence-corrected chi connectivity index (χ0v) is 36.6. The van der Waals surface area contributed by atoms with Crippen LogP contribution in [0.2, 0.25) is 0 Å². The fourth-order valence-electron chi connectivity index (χ4n) is 6.33. The van der Waals surface area contributed by atoms with E-state index >= 15 is 0 Å². The summed E-state index contributed by atoms with van der Waals surface area (Å²) in [6.45, 7) is 4.34. The van der Waals surface area contributed by atoms with Crippen molar-refractivity contribution < 1.29 is 37.6 Å². The molecule has 0 radical (unpaired) electrons. The van der Waals surface area contributed by atoms with E-state index in [0.29, 0.717) is 19.4 Å². The van der Waals surface area contributed by atoms with Crippen molar-refractivity contribution in [2.45, 2.75) is 219 Å². The smallest absolute Gasteiger partial charge is 0.462 e. The van der Waals surface area contributed by atoms with Gasteiger partial charge in [-0.15, -0.1) is 0 Å². The lowest BCUT2D eigenvalue weighted by atomic mass is 10.0. The van der Waals surface area contributed by atoms with E-state index in [1.165, 1.54) is 148 Å². The number of rotatable bonds is 42. The maximum atomic E-state index is 12.7. The third-order valence-electron chi connectivity index (χ3n) is 9.82. The van der Waals surface area contributed by atoms with Gasteiger partial charge in [0.15, 0.2) is 6.10 Å². The van der Waals surface area contributed by atoms with Crippen LogP contribution < -0.4 is 0 Å². The maximum Gasteiger partial charge on any atom is 0.472 e. The summed E-state index contributed by atoms with van der Waals surface area (Å²) in [6.07, 6.45) is 39.7. The van der Waals surface area contributed by atoms with E-state index in [0.717, 1.165) is 32.1 Å². The van der Waals surface area contributed by atoms with Gasteiger partial charge in [-0.05, 0) is 52.6 Å². The van der Waals surface area contributed by atoms with Gasteiger partial charge >= 0.3 is 19.8 Å². The molecule has 0 bridgehead atoms. The van der Waals surface area contributed by atoms with Crippen LogP contribution in [-0.4, -0.2) is 68.3 Å². The van der Waals surface area contributed by atoms with E-state index < -0.39 is 26.5 Å². The summed E-state index contributed by atoms with van der Waals surface area (Å²) in [5, 5.41) is 0. The predicted octanol–water partition coefficient (Wildman–Crippen LogP) is 12.8. The average molecular weight is 788 g/mol. The fourth-order valence-corrected chi connectivity index (χ4v) is 7.07. The number of ether oxygens (including phenoxy) is 2. The predicted molar refractivity (Wildman–Crippen MR) is 225 cm³/mol. The van der Waals surface area contributed by atoms with E-state index in [4.69, 9.17) is 18.5 Å². The molecule has 0 aliphatic heterocycles. The highest BCUT2D eigenvalue weighted by Crippen LogP contribution is 2.43. The first-order chi connectivity index (χ1) is 26.2. The Morgan fingerprint density at radius 1 is 0.556 bits per heavy atom. The highest BCUT2D eigenvalue weighted by atomic mass is 31.2. The van der Waals surface area contributed by atoms with Gasteiger partial charge in [0.2, 0.25) is 0 Å². The molecule has 0 rings (SSSR count). The normalized spacial score (nSPS) is 13.4. The summed E-state index contributed by atoms with van der Waals surface area (Å²) >= 11 is 0. The number of allylic oxidation sites excluding steroid dienone is 2. The van der Waals surface area contributed by atoms with Gasteiger partial charge in [0.25, 0.3) is 0 Å². The number of esters is 2. The lowest BCUT2D eigenvalue weighted by Gasteiger charge is -2.20. The van der Waals surface area contributed by atoms with Crippen LogP contribution in [0.4, 0.5) is 0 Å². The van der Waals surface area contributed by atoms with E-state index in [9.17, 15) is 19.0 Å². The molecule has 0 aliphatic carbocycles. The molecule has 0 aromatic rings. The second-order valence-electron chi connectivity index (χ2n) is 15.6. The first-order valence-electron chi connectivity index (χ1n) is 22.5. The van der Waals surface area contributed by atoms with Gasteiger partial charge < -0.3 is 19.3 Å². The molecule has 10 heteroatoms. The van der Waals surface area contributed by atoms with Gasteiger partial charge in [-0.1, -0.05) is 174 Å². The Balaban J connectivity index is 4.22. The molecule has 0 spiro atoms. The number of carbonyl (C=O) groups is 2. The minimum absolute atomic E-state index is 0.0102. The second-order valence-corrected chi connectivity index (χ2v) is 17.0. The Morgan fingerprint density at radius 2 is 0.944 bits per heavy atom. The Labute approximate surface area is 333 Å². The van der Waals surface area contributed by atoms with Crippen molar-refractivity contribution in [2.24, 2.45) is 0 Å². The molecule has 0 aromatic carbocycles. The summed E-state index contributed by atoms with van der Waals surface area (Å²) in [5.41, 5.74) is 0. The van der Waals surface area contributed by atoms with Crippen LogP contribution >= 0.6 is 7.82 Å². The maximum absolute atomic E-state index is 12.7. The Hall–Kier alpha value is -1.25. The number of likely N-dealkylation sites (N-methyl/N-ethyl adjacent to an activating group) is 1. The molecule has 0 aromatic heterocycles. The van der Waals surface area contributed by atoms with Crippen molar-refractivity contribution >= 4 is 19.8 Å². The van der Waals surface area contributed by atoms with E-state index in [2.05, 4.69) is 26.0 Å². The molecule has 1 N–H and O–H groups in total. The minimum Gasteiger partial charge on any atom is -0.462 e. The topological polar surface area (TPSA) is 112 Å². The molecule has 0 fully saturated rings. The van der Waals surface area contributed by atoms with E-state index in [1.54, 1.807) is 0 Å². The Kier molecular flexibility index (Phi) is 39.0. The van der Waals surface area contributed by atoms with Gasteiger partial charge in [-0.2, -0.15) is 0 Å². The molecular weight excluding hydrogens is 701 g/mol. The Bertz CT molecular complexity index is 915. The summed E-state index contributed by atoms with van der Waals surface area (Å²) in [7, 11) is -0.703. The summed E-state index contributed by atoms with van der Waals surface area (Å²) < 4.78 is 33.5. The standard InChI is InChI=1S/C44H86NO8P/c1-5-7-9-11-13-15-17-19-20-21-22-23-24-25-27-29-31-33-35-37-44(47)53-42(41-52-54(48,49)51-39-38-45(3)4)40-50-43(46)36-34-32-30-28-26-18-16-14-12-10-8-6-2/h19-20,42H,5-18,21-41H2,1-4H3,(H,48,49)/b20-19-. The van der Waals surface area contributed by atoms with Crippen LogP contribution in [0.25, 0.3) is 0 Å². The number of phosphoric acid groups is 1. The van der Waals surface area contributed by atoms with Gasteiger partial charge in [-0.3, -0.25) is 18.6 Å². The molecule has 0 aliphatic rings. The Morgan fingerprint density at radius 3 is 1.37 bits per heavy atom. The SMILES string of the molecule is CCCCCCCC/C=C\CCCCCCCCCCCC(=O)OC(COC(=O)CCCCCCCCCCCCCC)COP(=O)(O)OCCN(C)C. The van der Waals surface area contributed by atoms with Crippen molar-refractivity contribution in [1.29, 1.82) is 0 Å². The fraction of sp³-hybridized carbons (Fsp3) is 0.909. The molecule has 0 saturated carbocycles. The lowest BCUT2D eigenvalue weighted by molar-refractivity contribution is -0.161. The number of hydrogen-bond acceptors (Lipinski definition) is 8. The summed E-state index contributed by atoms with van der Waals surface area (Å²) in [6, 6.07) is 0. The molecule has 9 nitrogen and oxygen atoms in total. The summed E-state index contributed by atoms with van der Waals surface area (Å²) in [4.78, 5) is 37.0. The zero-order valence-electron chi connectivity index (χ0n) is 35.7. The van der Waals surface area contributed by atoms with Crippen molar-refractivity contribution in [3.8, 4) is 0 Å². The first-order valence-corrected chi connectivity index (χ1v) is 24.0. The number of carbonyl (C=O) groups excluding carboxylic acids is 2. The largest absolute Gasteiger partial charge is 0.472 e. The molecular formula is C44H86NO8P. The monoisotopic (exact) mass is 788 g/mol. The molecule has 54 heavy (non-hydrogen) atoms. The number of hydrogen-bond donors (Lipinski definition) is 1. The molecule has 2 unspecified atom stereocenters. The van der Waals surface area contributed by atoms with Crippen LogP contribution in [0.15, 0.2) is 12.2 Å². The van der Waals surface area contributed by atoms with E-state index in [-0.39, 0.29) is 25.6 Å². The molecule has 0 heterocycles. The van der Waals surface area contributed by atoms with Crippen LogP contribution in [0.5, 0.6) is 0 Å². The molecule has 0 amide bonds. The van der Waals surface area contributed by atoms with Crippen LogP contribution in [-0.2, 0) is 32.7 Å². The van der Waals surface area contributed by atoms with Gasteiger partial charge in [0, 0.05) is 19.4 Å². The number of nitrogens with zero attached hydrogens (tertiary/aromatic N) is 1. The van der Waals surface area contributed by atoms with Gasteiger partial charge in [0.1, 0.15) is 6.61 Å². The van der Waals surface area contributed by atoms with Crippen molar-refractivity contribution in [2.75, 3.05) is 40.5 Å². The van der Waals surface area contributed by atoms with Crippen LogP contribution in [0.3, 0.4) is 0 Å². The van der Waals surface area contributed by atoms with Gasteiger partial charge in [0.05, 0.1) is 13.2 Å². The highest BCUT2D eigenvalue weighted by molar-refractivity contribution is 7.47. The van der Waals surface area contributed by atoms with Crippen molar-refractivity contribution in [1.82, 2.24) is 4.90 Å².